The van der Waals surface area contributed by atoms with Gasteiger partial charge in [-0.15, -0.1) is 0 Å². The summed E-state index contributed by atoms with van der Waals surface area (Å²) < 4.78 is 0.649. The molecule has 2 aliphatic rings. The number of likely N-dealkylation sites (tertiary alicyclic amines) is 1. The lowest BCUT2D eigenvalue weighted by Gasteiger charge is -2.36. The summed E-state index contributed by atoms with van der Waals surface area (Å²) in [5.74, 6) is 7.29. The molecule has 1 fully saturated rings. The van der Waals surface area contributed by atoms with Gasteiger partial charge in [-0.05, 0) is 50.6 Å². The Labute approximate surface area is 242 Å². The van der Waals surface area contributed by atoms with Gasteiger partial charge in [0, 0.05) is 52.2 Å². The summed E-state index contributed by atoms with van der Waals surface area (Å²) in [5, 5.41) is 1.36. The zero-order valence-electron chi connectivity index (χ0n) is 21.9. The summed E-state index contributed by atoms with van der Waals surface area (Å²) in [6.07, 6.45) is 7.32. The van der Waals surface area contributed by atoms with Crippen LogP contribution in [0.4, 0.5) is 0 Å². The Morgan fingerprint density at radius 3 is 2.44 bits per heavy atom. The van der Waals surface area contributed by atoms with Gasteiger partial charge in [0.15, 0.2) is 11.6 Å². The number of allylic oxidation sites excluding steroid dienone is 2. The maximum Gasteiger partial charge on any atom is 0.165 e. The number of pyridine rings is 2. The number of nitrogens with zero attached hydrogens (tertiary/aromatic N) is 5. The van der Waals surface area contributed by atoms with Crippen molar-refractivity contribution < 1.29 is 4.79 Å². The molecule has 0 amide bonds. The van der Waals surface area contributed by atoms with Gasteiger partial charge in [0.25, 0.3) is 0 Å². The quantitative estimate of drug-likeness (QED) is 0.223. The summed E-state index contributed by atoms with van der Waals surface area (Å²) in [6.45, 7) is 4.19. The van der Waals surface area contributed by atoms with Crippen molar-refractivity contribution in [2.75, 3.05) is 17.5 Å². The molecular weight excluding hydrogens is 601 g/mol. The molecule has 0 spiro atoms. The van der Waals surface area contributed by atoms with Crippen molar-refractivity contribution in [2.24, 2.45) is 22.5 Å². The third-order valence-electron chi connectivity index (χ3n) is 7.27. The number of hydrogen-bond acceptors (Lipinski definition) is 8. The molecular formula is C30H32IN7O. The standard InChI is InChI=1S/C30H32IN7O/c1-20(39)27-28(23-11-14-37(15-12-23)19-21-6-5-13-34-17-21)36-30(38(33)29(27)32)25(16-31)24-9-10-26(35-18-24)22-7-3-2-4-8-22/h2-10,13,17-18,23H,11-12,14-16,19,32-33H2,1H3/b30-25+. The normalized spacial score (nSPS) is 18.2. The van der Waals surface area contributed by atoms with Gasteiger partial charge in [-0.25, -0.2) is 15.8 Å². The molecule has 5 rings (SSSR count). The molecule has 200 valence electrons. The van der Waals surface area contributed by atoms with Crippen molar-refractivity contribution in [3.8, 4) is 11.3 Å². The summed E-state index contributed by atoms with van der Waals surface area (Å²) in [6, 6.07) is 18.2. The van der Waals surface area contributed by atoms with Crippen LogP contribution >= 0.6 is 22.6 Å². The van der Waals surface area contributed by atoms with Gasteiger partial charge in [0.2, 0.25) is 0 Å². The highest BCUT2D eigenvalue weighted by molar-refractivity contribution is 14.1. The number of Topliss-reactive ketones (excluding diaryl/α,β-unsaturated/α-hetero) is 1. The first kappa shape index (κ1) is 27.2. The Balaban J connectivity index is 1.44. The lowest BCUT2D eigenvalue weighted by Crippen LogP contribution is -2.44. The molecule has 0 radical (unpaired) electrons. The second-order valence-electron chi connectivity index (χ2n) is 9.83. The van der Waals surface area contributed by atoms with Crippen LogP contribution in [0.15, 0.2) is 95.4 Å². The molecule has 3 aromatic rings. The van der Waals surface area contributed by atoms with E-state index in [1.807, 2.05) is 60.9 Å². The lowest BCUT2D eigenvalue weighted by molar-refractivity contribution is -0.113. The number of hydrogen-bond donors (Lipinski definition) is 2. The van der Waals surface area contributed by atoms with E-state index < -0.39 is 0 Å². The number of alkyl halides is 1. The Morgan fingerprint density at radius 1 is 1.05 bits per heavy atom. The molecule has 2 aromatic heterocycles. The Kier molecular flexibility index (Phi) is 8.49. The number of halogens is 1. The molecule has 1 saturated heterocycles. The van der Waals surface area contributed by atoms with Crippen LogP contribution in [0.3, 0.4) is 0 Å². The van der Waals surface area contributed by atoms with Gasteiger partial charge in [0.05, 0.1) is 17.0 Å². The first-order chi connectivity index (χ1) is 19.0. The lowest BCUT2D eigenvalue weighted by atomic mass is 9.85. The van der Waals surface area contributed by atoms with Crippen molar-refractivity contribution in [1.82, 2.24) is 19.9 Å². The van der Waals surface area contributed by atoms with E-state index in [1.165, 1.54) is 17.5 Å². The number of rotatable bonds is 7. The monoisotopic (exact) mass is 633 g/mol. The van der Waals surface area contributed by atoms with Gasteiger partial charge in [-0.3, -0.25) is 19.7 Å². The fraction of sp³-hybridized carbons (Fsp3) is 0.267. The SMILES string of the molecule is CC(=O)C1=C(N)N(N)/C(=C(\CI)c2ccc(-c3ccccc3)nc2)N=C1C1CCN(Cc2cccnc2)CC1. The third-order valence-corrected chi connectivity index (χ3v) is 8.03. The van der Waals surface area contributed by atoms with Crippen molar-refractivity contribution in [3.05, 3.63) is 102 Å². The van der Waals surface area contributed by atoms with E-state index in [-0.39, 0.29) is 17.5 Å². The number of benzene rings is 1. The van der Waals surface area contributed by atoms with Crippen LogP contribution in [-0.4, -0.2) is 48.9 Å². The van der Waals surface area contributed by atoms with Gasteiger partial charge < -0.3 is 5.73 Å². The van der Waals surface area contributed by atoms with Gasteiger partial charge >= 0.3 is 0 Å². The maximum absolute atomic E-state index is 12.8. The molecule has 0 unspecified atom stereocenters. The second-order valence-corrected chi connectivity index (χ2v) is 10.6. The van der Waals surface area contributed by atoms with Crippen LogP contribution in [0.5, 0.6) is 0 Å². The minimum Gasteiger partial charge on any atom is -0.383 e. The van der Waals surface area contributed by atoms with E-state index in [0.717, 1.165) is 60.6 Å². The zero-order valence-corrected chi connectivity index (χ0v) is 24.1. The van der Waals surface area contributed by atoms with Crippen LogP contribution in [0.25, 0.3) is 16.8 Å². The van der Waals surface area contributed by atoms with E-state index >= 15 is 0 Å². The summed E-state index contributed by atoms with van der Waals surface area (Å²) in [5.41, 5.74) is 12.7. The van der Waals surface area contributed by atoms with Crippen LogP contribution in [-0.2, 0) is 11.3 Å². The zero-order chi connectivity index (χ0) is 27.4. The number of nitrogens with two attached hydrogens (primary N) is 2. The number of carbonyl (C=O) groups excluding carboxylic acids is 1. The second kappa shape index (κ2) is 12.2. The molecule has 0 saturated carbocycles. The maximum atomic E-state index is 12.8. The highest BCUT2D eigenvalue weighted by Crippen LogP contribution is 2.33. The topological polar surface area (TPSA) is 114 Å². The van der Waals surface area contributed by atoms with Crippen LogP contribution in [0, 0.1) is 5.92 Å². The van der Waals surface area contributed by atoms with Crippen molar-refractivity contribution >= 4 is 39.7 Å². The van der Waals surface area contributed by atoms with Gasteiger partial charge in [-0.2, -0.15) is 0 Å². The largest absolute Gasteiger partial charge is 0.383 e. The van der Waals surface area contributed by atoms with Gasteiger partial charge in [0.1, 0.15) is 5.82 Å². The number of hydrazine groups is 1. The smallest absolute Gasteiger partial charge is 0.165 e. The Morgan fingerprint density at radius 2 is 1.82 bits per heavy atom. The van der Waals surface area contributed by atoms with E-state index in [4.69, 9.17) is 21.6 Å². The summed E-state index contributed by atoms with van der Waals surface area (Å²) in [7, 11) is 0. The Hall–Kier alpha value is -3.41. The number of ketones is 1. The van der Waals surface area contributed by atoms with Crippen LogP contribution in [0.1, 0.15) is 30.9 Å². The fourth-order valence-corrected chi connectivity index (χ4v) is 5.97. The molecule has 0 atom stereocenters. The predicted octanol–water partition coefficient (Wildman–Crippen LogP) is 4.55. The van der Waals surface area contributed by atoms with Crippen molar-refractivity contribution in [1.29, 1.82) is 0 Å². The first-order valence-electron chi connectivity index (χ1n) is 13.0. The summed E-state index contributed by atoms with van der Waals surface area (Å²) >= 11 is 2.31. The van der Waals surface area contributed by atoms with Crippen LogP contribution < -0.4 is 11.6 Å². The van der Waals surface area contributed by atoms with E-state index in [0.29, 0.717) is 15.8 Å². The summed E-state index contributed by atoms with van der Waals surface area (Å²) in [4.78, 5) is 29.2. The van der Waals surface area contributed by atoms with Crippen LogP contribution in [0.2, 0.25) is 0 Å². The minimum absolute atomic E-state index is 0.116. The number of aliphatic imine (C=N–C) groups is 1. The highest BCUT2D eigenvalue weighted by Gasteiger charge is 2.34. The molecule has 2 aliphatic heterocycles. The average Bonchev–Trinajstić information content (AvgIpc) is 2.97. The third kappa shape index (κ3) is 5.95. The molecule has 4 N–H and O–H groups in total. The van der Waals surface area contributed by atoms with Crippen molar-refractivity contribution in [2.45, 2.75) is 26.3 Å². The average molecular weight is 634 g/mol. The molecule has 8 nitrogen and oxygen atoms in total. The van der Waals surface area contributed by atoms with E-state index in [2.05, 4.69) is 38.5 Å². The minimum atomic E-state index is -0.122. The predicted molar refractivity (Wildman–Crippen MR) is 163 cm³/mol. The van der Waals surface area contributed by atoms with Crippen molar-refractivity contribution in [3.63, 3.8) is 0 Å². The number of carbonyl (C=O) groups is 1. The molecule has 4 heterocycles. The highest BCUT2D eigenvalue weighted by atomic mass is 127. The molecule has 39 heavy (non-hydrogen) atoms. The molecule has 9 heteroatoms. The van der Waals surface area contributed by atoms with E-state index in [1.54, 1.807) is 6.20 Å². The molecule has 1 aromatic carbocycles. The fourth-order valence-electron chi connectivity index (χ4n) is 5.19. The first-order valence-corrected chi connectivity index (χ1v) is 14.6. The van der Waals surface area contributed by atoms with Gasteiger partial charge in [-0.1, -0.05) is 65.1 Å². The molecule has 0 bridgehead atoms. The number of piperidine rings is 1. The molecule has 0 aliphatic carbocycles. The van der Waals surface area contributed by atoms with E-state index in [9.17, 15) is 4.79 Å². The Bertz CT molecular complexity index is 1410. The number of aromatic nitrogens is 2.